The Morgan fingerprint density at radius 2 is 2.00 bits per heavy atom. The van der Waals surface area contributed by atoms with E-state index in [9.17, 15) is 4.79 Å². The molecule has 0 fully saturated rings. The molecule has 0 bridgehead atoms. The smallest absolute Gasteiger partial charge is 0.304 e. The summed E-state index contributed by atoms with van der Waals surface area (Å²) in [5.41, 5.74) is 1.02. The zero-order chi connectivity index (χ0) is 11.5. The Kier molecular flexibility index (Phi) is 2.71. The van der Waals surface area contributed by atoms with Crippen molar-refractivity contribution in [2.24, 2.45) is 0 Å². The fourth-order valence-corrected chi connectivity index (χ4v) is 1.45. The third-order valence-electron chi connectivity index (χ3n) is 2.07. The molecule has 0 saturated heterocycles. The molecule has 0 unspecified atom stereocenters. The van der Waals surface area contributed by atoms with Gasteiger partial charge in [-0.1, -0.05) is 23.7 Å². The molecule has 4 nitrogen and oxygen atoms in total. The number of nitrogens with one attached hydrogen (secondary N) is 1. The Balaban J connectivity index is 2.64. The Morgan fingerprint density at radius 3 is 2.62 bits per heavy atom. The highest BCUT2D eigenvalue weighted by Gasteiger charge is 2.06. The van der Waals surface area contributed by atoms with E-state index in [4.69, 9.17) is 16.9 Å². The molecule has 1 N–H and O–H groups in total. The Bertz CT molecular complexity index is 610. The van der Waals surface area contributed by atoms with E-state index in [-0.39, 0.29) is 0 Å². The first kappa shape index (κ1) is 10.4. The molecule has 5 heteroatoms. The fraction of sp³-hybridized carbons (Fsp3) is 0. The molecule has 1 aromatic carbocycles. The second kappa shape index (κ2) is 4.17. The lowest BCUT2D eigenvalue weighted by atomic mass is 10.1. The molecule has 0 atom stereocenters. The van der Waals surface area contributed by atoms with Crippen molar-refractivity contribution in [3.8, 4) is 17.3 Å². The average Bonchev–Trinajstić information content (AvgIpc) is 2.30. The number of aromatic nitrogens is 2. The predicted molar refractivity (Wildman–Crippen MR) is 60.0 cm³/mol. The average molecular weight is 232 g/mol. The summed E-state index contributed by atoms with van der Waals surface area (Å²) in [5, 5.41) is 9.48. The number of nitriles is 1. The van der Waals surface area contributed by atoms with Gasteiger partial charge in [0.05, 0.1) is 17.5 Å². The first-order chi connectivity index (χ1) is 7.70. The van der Waals surface area contributed by atoms with E-state index in [2.05, 4.69) is 9.97 Å². The zero-order valence-corrected chi connectivity index (χ0v) is 8.82. The van der Waals surface area contributed by atoms with Gasteiger partial charge in [0.25, 0.3) is 0 Å². The van der Waals surface area contributed by atoms with Crippen LogP contribution in [0.5, 0.6) is 0 Å². The highest BCUT2D eigenvalue weighted by molar-refractivity contribution is 6.30. The Morgan fingerprint density at radius 1 is 1.31 bits per heavy atom. The summed E-state index contributed by atoms with van der Waals surface area (Å²) in [7, 11) is 0. The van der Waals surface area contributed by atoms with Gasteiger partial charge in [-0.3, -0.25) is 0 Å². The number of hydrogen-bond donors (Lipinski definition) is 1. The lowest BCUT2D eigenvalue weighted by Gasteiger charge is -2.02. The van der Waals surface area contributed by atoms with Crippen LogP contribution >= 0.6 is 11.6 Å². The second-order valence-corrected chi connectivity index (χ2v) is 3.53. The molecular formula is C11H6ClN3O. The molecule has 2 rings (SSSR count). The summed E-state index contributed by atoms with van der Waals surface area (Å²) in [6.45, 7) is 0. The third-order valence-corrected chi connectivity index (χ3v) is 2.32. The molecule has 0 saturated carbocycles. The summed E-state index contributed by atoms with van der Waals surface area (Å²) >= 11 is 5.75. The van der Waals surface area contributed by atoms with Gasteiger partial charge in [0.1, 0.15) is 6.07 Å². The number of H-pyrrole nitrogens is 1. The van der Waals surface area contributed by atoms with E-state index in [1.165, 1.54) is 6.20 Å². The first-order valence-corrected chi connectivity index (χ1v) is 4.84. The van der Waals surface area contributed by atoms with Crippen molar-refractivity contribution >= 4 is 11.6 Å². The number of halogens is 1. The van der Waals surface area contributed by atoms with Gasteiger partial charge in [0.2, 0.25) is 0 Å². The van der Waals surface area contributed by atoms with E-state index in [1.54, 1.807) is 24.3 Å². The van der Waals surface area contributed by atoms with Crippen LogP contribution in [-0.4, -0.2) is 9.97 Å². The van der Waals surface area contributed by atoms with Crippen LogP contribution < -0.4 is 5.69 Å². The molecule has 78 valence electrons. The minimum absolute atomic E-state index is 0.321. The number of aromatic amines is 1. The molecule has 0 spiro atoms. The lowest BCUT2D eigenvalue weighted by molar-refractivity contribution is 1.07. The summed E-state index contributed by atoms with van der Waals surface area (Å²) < 4.78 is 0. The molecule has 2 aromatic rings. The molecule has 1 heterocycles. The summed E-state index contributed by atoms with van der Waals surface area (Å²) in [6, 6.07) is 8.81. The normalized spacial score (nSPS) is 9.75. The number of nitrogens with zero attached hydrogens (tertiary/aromatic N) is 2. The molecule has 0 radical (unpaired) electrons. The SMILES string of the molecule is N#Cc1cnc(=O)[nH]c1-c1ccc(Cl)cc1. The van der Waals surface area contributed by atoms with Gasteiger partial charge < -0.3 is 4.98 Å². The van der Waals surface area contributed by atoms with E-state index in [1.807, 2.05) is 6.07 Å². The van der Waals surface area contributed by atoms with Gasteiger partial charge in [-0.15, -0.1) is 0 Å². The number of benzene rings is 1. The predicted octanol–water partition coefficient (Wildman–Crippen LogP) is 1.96. The third kappa shape index (κ3) is 1.95. The molecule has 0 aliphatic carbocycles. The standard InChI is InChI=1S/C11H6ClN3O/c12-9-3-1-7(2-4-9)10-8(5-13)6-14-11(16)15-10/h1-4,6H,(H,14,15,16). The van der Waals surface area contributed by atoms with Crippen molar-refractivity contribution in [3.63, 3.8) is 0 Å². The first-order valence-electron chi connectivity index (χ1n) is 4.46. The minimum Gasteiger partial charge on any atom is -0.304 e. The molecule has 0 aliphatic rings. The second-order valence-electron chi connectivity index (χ2n) is 3.10. The molecule has 16 heavy (non-hydrogen) atoms. The van der Waals surface area contributed by atoms with Crippen molar-refractivity contribution in [1.29, 1.82) is 5.26 Å². The van der Waals surface area contributed by atoms with E-state index in [0.29, 0.717) is 16.3 Å². The van der Waals surface area contributed by atoms with E-state index < -0.39 is 5.69 Å². The largest absolute Gasteiger partial charge is 0.345 e. The van der Waals surface area contributed by atoms with Gasteiger partial charge in [-0.2, -0.15) is 5.26 Å². The minimum atomic E-state index is -0.482. The van der Waals surface area contributed by atoms with Gasteiger partial charge in [0, 0.05) is 5.02 Å². The molecule has 1 aromatic heterocycles. The fourth-order valence-electron chi connectivity index (χ4n) is 1.32. The molecular weight excluding hydrogens is 226 g/mol. The van der Waals surface area contributed by atoms with Crippen molar-refractivity contribution in [3.05, 3.63) is 51.5 Å². The Hall–Kier alpha value is -2.12. The van der Waals surface area contributed by atoms with Gasteiger partial charge >= 0.3 is 5.69 Å². The highest BCUT2D eigenvalue weighted by Crippen LogP contribution is 2.21. The van der Waals surface area contributed by atoms with Crippen LogP contribution in [-0.2, 0) is 0 Å². The van der Waals surface area contributed by atoms with Crippen molar-refractivity contribution in [1.82, 2.24) is 9.97 Å². The zero-order valence-electron chi connectivity index (χ0n) is 8.07. The summed E-state index contributed by atoms with van der Waals surface area (Å²) in [4.78, 5) is 17.1. The quantitative estimate of drug-likeness (QED) is 0.816. The summed E-state index contributed by atoms with van der Waals surface area (Å²) in [6.07, 6.45) is 1.25. The summed E-state index contributed by atoms with van der Waals surface area (Å²) in [5.74, 6) is 0. The molecule has 0 aliphatic heterocycles. The number of rotatable bonds is 1. The maximum absolute atomic E-state index is 11.1. The molecule has 0 amide bonds. The van der Waals surface area contributed by atoms with Crippen molar-refractivity contribution in [2.45, 2.75) is 0 Å². The Labute approximate surface area is 96.2 Å². The van der Waals surface area contributed by atoms with Crippen LogP contribution in [0, 0.1) is 11.3 Å². The maximum atomic E-state index is 11.1. The van der Waals surface area contributed by atoms with Crippen LogP contribution in [0.4, 0.5) is 0 Å². The van der Waals surface area contributed by atoms with Gasteiger partial charge in [-0.25, -0.2) is 9.78 Å². The van der Waals surface area contributed by atoms with Crippen LogP contribution in [0.25, 0.3) is 11.3 Å². The lowest BCUT2D eigenvalue weighted by Crippen LogP contribution is -2.11. The van der Waals surface area contributed by atoms with E-state index >= 15 is 0 Å². The van der Waals surface area contributed by atoms with Crippen LogP contribution in [0.1, 0.15) is 5.56 Å². The topological polar surface area (TPSA) is 69.5 Å². The van der Waals surface area contributed by atoms with Crippen LogP contribution in [0.3, 0.4) is 0 Å². The van der Waals surface area contributed by atoms with Crippen molar-refractivity contribution < 1.29 is 0 Å². The number of hydrogen-bond acceptors (Lipinski definition) is 3. The highest BCUT2D eigenvalue weighted by atomic mass is 35.5. The van der Waals surface area contributed by atoms with Crippen molar-refractivity contribution in [2.75, 3.05) is 0 Å². The van der Waals surface area contributed by atoms with Gasteiger partial charge in [0.15, 0.2) is 0 Å². The maximum Gasteiger partial charge on any atom is 0.345 e. The van der Waals surface area contributed by atoms with Crippen LogP contribution in [0.2, 0.25) is 5.02 Å². The van der Waals surface area contributed by atoms with Crippen LogP contribution in [0.15, 0.2) is 35.3 Å². The van der Waals surface area contributed by atoms with E-state index in [0.717, 1.165) is 5.56 Å². The van der Waals surface area contributed by atoms with Gasteiger partial charge in [-0.05, 0) is 17.7 Å². The monoisotopic (exact) mass is 231 g/mol.